The number of nitrogens with zero attached hydrogens (tertiary/aromatic N) is 3. The van der Waals surface area contributed by atoms with Gasteiger partial charge in [-0.05, 0) is 12.1 Å². The van der Waals surface area contributed by atoms with Crippen LogP contribution in [0.5, 0.6) is 5.75 Å². The Balaban J connectivity index is 1.79. The van der Waals surface area contributed by atoms with E-state index in [4.69, 9.17) is 4.74 Å². The highest BCUT2D eigenvalue weighted by Gasteiger charge is 1.93. The molecule has 4 nitrogen and oxygen atoms in total. The highest BCUT2D eigenvalue weighted by molar-refractivity contribution is 5.20. The van der Waals surface area contributed by atoms with E-state index >= 15 is 0 Å². The van der Waals surface area contributed by atoms with Crippen LogP contribution in [-0.4, -0.2) is 21.6 Å². The van der Waals surface area contributed by atoms with Crippen molar-refractivity contribution in [3.63, 3.8) is 0 Å². The molecule has 1 aromatic carbocycles. The van der Waals surface area contributed by atoms with E-state index < -0.39 is 0 Å². The molecule has 0 unspecified atom stereocenters. The first-order chi connectivity index (χ1) is 6.95. The summed E-state index contributed by atoms with van der Waals surface area (Å²) < 4.78 is 7.23. The molecule has 1 aromatic heterocycles. The van der Waals surface area contributed by atoms with E-state index in [1.165, 1.54) is 0 Å². The molecule has 0 spiro atoms. The van der Waals surface area contributed by atoms with Gasteiger partial charge in [0.2, 0.25) is 0 Å². The fourth-order valence-electron chi connectivity index (χ4n) is 1.13. The average molecular weight is 189 g/mol. The number of para-hydroxylation sites is 1. The summed E-state index contributed by atoms with van der Waals surface area (Å²) in [4.78, 5) is 0. The molecule has 0 N–H and O–H groups in total. The zero-order valence-corrected chi connectivity index (χ0v) is 7.71. The van der Waals surface area contributed by atoms with Gasteiger partial charge < -0.3 is 4.74 Å². The lowest BCUT2D eigenvalue weighted by Crippen LogP contribution is -2.08. The van der Waals surface area contributed by atoms with Crippen molar-refractivity contribution >= 4 is 0 Å². The maximum absolute atomic E-state index is 5.49. The van der Waals surface area contributed by atoms with Gasteiger partial charge in [-0.25, -0.2) is 4.68 Å². The summed E-state index contributed by atoms with van der Waals surface area (Å²) in [5.74, 6) is 0.882. The Kier molecular flexibility index (Phi) is 2.76. The fourth-order valence-corrected chi connectivity index (χ4v) is 1.13. The van der Waals surface area contributed by atoms with E-state index in [-0.39, 0.29) is 0 Å². The third-order valence-electron chi connectivity index (χ3n) is 1.80. The highest BCUT2D eigenvalue weighted by Crippen LogP contribution is 2.07. The van der Waals surface area contributed by atoms with E-state index in [0.29, 0.717) is 6.61 Å². The second-order valence-corrected chi connectivity index (χ2v) is 2.83. The molecule has 0 aliphatic rings. The molecule has 0 amide bonds. The van der Waals surface area contributed by atoms with Crippen molar-refractivity contribution in [1.29, 1.82) is 0 Å². The van der Waals surface area contributed by atoms with Crippen molar-refractivity contribution < 1.29 is 4.74 Å². The van der Waals surface area contributed by atoms with E-state index in [2.05, 4.69) is 10.3 Å². The SMILES string of the molecule is c1ccc(OCCn2ccnn2)cc1. The first-order valence-electron chi connectivity index (χ1n) is 4.47. The number of aromatic nitrogens is 3. The van der Waals surface area contributed by atoms with Crippen molar-refractivity contribution in [3.05, 3.63) is 42.7 Å². The van der Waals surface area contributed by atoms with Gasteiger partial charge in [-0.2, -0.15) is 0 Å². The Bertz CT molecular complexity index is 358. The molecule has 1 heterocycles. The van der Waals surface area contributed by atoms with Crippen molar-refractivity contribution in [1.82, 2.24) is 15.0 Å². The summed E-state index contributed by atoms with van der Waals surface area (Å²) in [7, 11) is 0. The van der Waals surface area contributed by atoms with Gasteiger partial charge in [-0.3, -0.25) is 0 Å². The Morgan fingerprint density at radius 3 is 2.79 bits per heavy atom. The molecular formula is C10H11N3O. The quantitative estimate of drug-likeness (QED) is 0.729. The average Bonchev–Trinajstić information content (AvgIpc) is 2.72. The standard InChI is InChI=1S/C10H11N3O/c1-2-4-10(5-3-1)14-9-8-13-7-6-11-12-13/h1-7H,8-9H2. The molecule has 0 radical (unpaired) electrons. The van der Waals surface area contributed by atoms with E-state index in [9.17, 15) is 0 Å². The normalized spacial score (nSPS) is 10.0. The maximum atomic E-state index is 5.49. The van der Waals surface area contributed by atoms with Crippen LogP contribution in [0.2, 0.25) is 0 Å². The van der Waals surface area contributed by atoms with Crippen molar-refractivity contribution in [2.45, 2.75) is 6.54 Å². The number of hydrogen-bond donors (Lipinski definition) is 0. The highest BCUT2D eigenvalue weighted by atomic mass is 16.5. The van der Waals surface area contributed by atoms with Gasteiger partial charge in [0.05, 0.1) is 12.7 Å². The molecule has 0 fully saturated rings. The van der Waals surface area contributed by atoms with Gasteiger partial charge in [-0.15, -0.1) is 5.10 Å². The molecule has 14 heavy (non-hydrogen) atoms. The number of ether oxygens (including phenoxy) is 1. The van der Waals surface area contributed by atoms with Gasteiger partial charge in [0.25, 0.3) is 0 Å². The van der Waals surface area contributed by atoms with E-state index in [1.807, 2.05) is 36.5 Å². The summed E-state index contributed by atoms with van der Waals surface area (Å²) in [5.41, 5.74) is 0. The van der Waals surface area contributed by atoms with Gasteiger partial charge in [0, 0.05) is 6.20 Å². The smallest absolute Gasteiger partial charge is 0.119 e. The minimum atomic E-state index is 0.605. The molecule has 0 bridgehead atoms. The Morgan fingerprint density at radius 1 is 1.21 bits per heavy atom. The van der Waals surface area contributed by atoms with Crippen molar-refractivity contribution in [2.75, 3.05) is 6.61 Å². The van der Waals surface area contributed by atoms with Crippen LogP contribution in [0.25, 0.3) is 0 Å². The van der Waals surface area contributed by atoms with Crippen LogP contribution in [0.3, 0.4) is 0 Å². The van der Waals surface area contributed by atoms with Crippen LogP contribution in [0.15, 0.2) is 42.7 Å². The summed E-state index contributed by atoms with van der Waals surface area (Å²) in [6, 6.07) is 9.72. The molecule has 0 saturated carbocycles. The third-order valence-corrected chi connectivity index (χ3v) is 1.80. The van der Waals surface area contributed by atoms with E-state index in [0.717, 1.165) is 12.3 Å². The van der Waals surface area contributed by atoms with Crippen LogP contribution >= 0.6 is 0 Å². The molecule has 0 aliphatic carbocycles. The van der Waals surface area contributed by atoms with Gasteiger partial charge >= 0.3 is 0 Å². The molecule has 4 heteroatoms. The number of benzene rings is 1. The lowest BCUT2D eigenvalue weighted by atomic mass is 10.3. The minimum Gasteiger partial charge on any atom is -0.492 e. The molecule has 2 aromatic rings. The second-order valence-electron chi connectivity index (χ2n) is 2.83. The van der Waals surface area contributed by atoms with E-state index in [1.54, 1.807) is 10.9 Å². The zero-order valence-electron chi connectivity index (χ0n) is 7.71. The van der Waals surface area contributed by atoms with Crippen LogP contribution in [-0.2, 0) is 6.54 Å². The number of hydrogen-bond acceptors (Lipinski definition) is 3. The Labute approximate surface area is 82.1 Å². The molecular weight excluding hydrogens is 178 g/mol. The lowest BCUT2D eigenvalue weighted by Gasteiger charge is -2.04. The first-order valence-corrected chi connectivity index (χ1v) is 4.47. The fraction of sp³-hybridized carbons (Fsp3) is 0.200. The maximum Gasteiger partial charge on any atom is 0.119 e. The summed E-state index contributed by atoms with van der Waals surface area (Å²) in [5, 5.41) is 7.54. The minimum absolute atomic E-state index is 0.605. The third kappa shape index (κ3) is 2.32. The number of rotatable bonds is 4. The predicted octanol–water partition coefficient (Wildman–Crippen LogP) is 1.36. The van der Waals surface area contributed by atoms with Gasteiger partial charge in [0.15, 0.2) is 0 Å². The molecule has 72 valence electrons. The van der Waals surface area contributed by atoms with Gasteiger partial charge in [-0.1, -0.05) is 23.4 Å². The topological polar surface area (TPSA) is 39.9 Å². The summed E-state index contributed by atoms with van der Waals surface area (Å²) >= 11 is 0. The molecule has 2 rings (SSSR count). The van der Waals surface area contributed by atoms with Gasteiger partial charge in [0.1, 0.15) is 12.4 Å². The lowest BCUT2D eigenvalue weighted by molar-refractivity contribution is 0.289. The first kappa shape index (κ1) is 8.74. The summed E-state index contributed by atoms with van der Waals surface area (Å²) in [6.07, 6.45) is 3.47. The Morgan fingerprint density at radius 2 is 2.07 bits per heavy atom. The summed E-state index contributed by atoms with van der Waals surface area (Å²) in [6.45, 7) is 1.32. The molecule has 0 atom stereocenters. The van der Waals surface area contributed by atoms with Crippen molar-refractivity contribution in [3.8, 4) is 5.75 Å². The Hall–Kier alpha value is -1.84. The largest absolute Gasteiger partial charge is 0.492 e. The molecule has 0 saturated heterocycles. The van der Waals surface area contributed by atoms with Crippen LogP contribution in [0.4, 0.5) is 0 Å². The molecule has 0 aliphatic heterocycles. The van der Waals surface area contributed by atoms with Crippen LogP contribution in [0, 0.1) is 0 Å². The van der Waals surface area contributed by atoms with Crippen LogP contribution < -0.4 is 4.74 Å². The predicted molar refractivity (Wildman–Crippen MR) is 52.0 cm³/mol. The van der Waals surface area contributed by atoms with Crippen LogP contribution in [0.1, 0.15) is 0 Å². The van der Waals surface area contributed by atoms with Crippen molar-refractivity contribution in [2.24, 2.45) is 0 Å². The second kappa shape index (κ2) is 4.41. The zero-order chi connectivity index (χ0) is 9.64. The monoisotopic (exact) mass is 189 g/mol.